The van der Waals surface area contributed by atoms with E-state index < -0.39 is 33.9 Å². The number of Topliss-reactive ketones (excluding diaryl/α,β-unsaturated/α-hetero) is 2. The highest BCUT2D eigenvalue weighted by Gasteiger charge is 2.69. The molecular formula is C30H44O5. The molecule has 0 aromatic heterocycles. The van der Waals surface area contributed by atoms with Gasteiger partial charge in [0.2, 0.25) is 0 Å². The molecule has 0 spiro atoms. The predicted octanol–water partition coefficient (Wildman–Crippen LogP) is 4.99. The number of aldehydes is 1. The topological polar surface area (TPSA) is 91.7 Å². The number of ketones is 2. The number of carbonyl (C=O) groups excluding carboxylic acids is 3. The number of aliphatic hydroxyl groups excluding tert-OH is 2. The quantitative estimate of drug-likeness (QED) is 0.424. The number of hydrogen-bond acceptors (Lipinski definition) is 5. The fraction of sp³-hybridized carbons (Fsp3) is 0.767. The van der Waals surface area contributed by atoms with Crippen LogP contribution in [0.3, 0.4) is 0 Å². The highest BCUT2D eigenvalue weighted by atomic mass is 16.3. The molecular weight excluding hydrogens is 440 g/mol. The van der Waals surface area contributed by atoms with Crippen molar-refractivity contribution in [2.24, 2.45) is 39.4 Å². The van der Waals surface area contributed by atoms with Crippen molar-refractivity contribution in [1.29, 1.82) is 0 Å². The zero-order chi connectivity index (χ0) is 26.1. The smallest absolute Gasteiger partial charge is 0.160 e. The molecule has 0 bridgehead atoms. The highest BCUT2D eigenvalue weighted by Crippen LogP contribution is 2.71. The molecule has 0 aromatic rings. The molecule has 35 heavy (non-hydrogen) atoms. The molecule has 5 nitrogen and oxygen atoms in total. The number of fused-ring (bicyclic) bond motifs is 4. The molecule has 2 fully saturated rings. The van der Waals surface area contributed by atoms with Gasteiger partial charge in [-0.2, -0.15) is 0 Å². The zero-order valence-electron chi connectivity index (χ0n) is 22.6. The predicted molar refractivity (Wildman–Crippen MR) is 135 cm³/mol. The van der Waals surface area contributed by atoms with Crippen LogP contribution in [0, 0.1) is 39.4 Å². The molecule has 4 aliphatic carbocycles. The maximum absolute atomic E-state index is 14.0. The lowest BCUT2D eigenvalue weighted by Crippen LogP contribution is -2.60. The van der Waals surface area contributed by atoms with E-state index in [2.05, 4.69) is 27.7 Å². The van der Waals surface area contributed by atoms with E-state index in [1.165, 1.54) is 0 Å². The molecule has 8 atom stereocenters. The minimum absolute atomic E-state index is 0.0944. The van der Waals surface area contributed by atoms with Gasteiger partial charge in [-0.1, -0.05) is 47.6 Å². The van der Waals surface area contributed by atoms with Gasteiger partial charge in [-0.05, 0) is 73.3 Å². The van der Waals surface area contributed by atoms with Crippen LogP contribution in [0.1, 0.15) is 93.4 Å². The van der Waals surface area contributed by atoms with Gasteiger partial charge < -0.3 is 10.2 Å². The normalized spacial score (nSPS) is 44.0. The van der Waals surface area contributed by atoms with E-state index in [1.54, 1.807) is 0 Å². The summed E-state index contributed by atoms with van der Waals surface area (Å²) >= 11 is 0. The Balaban J connectivity index is 1.78. The minimum Gasteiger partial charge on any atom is -0.392 e. The molecule has 4 rings (SSSR count). The SMILES string of the molecule is C/C(C=O)=C\CC[C@@H](C)[C@H]1C[C@H](O)[C@@]2(C)C3=C(C(=O)C[C@]12C)[C@@]1(C)CCC(=O)C(C)(C)[C@@H]1C[C@@H]3O. The van der Waals surface area contributed by atoms with E-state index in [4.69, 9.17) is 0 Å². The first kappa shape index (κ1) is 26.5. The Bertz CT molecular complexity index is 1000. The van der Waals surface area contributed by atoms with Crippen molar-refractivity contribution in [3.63, 3.8) is 0 Å². The van der Waals surface area contributed by atoms with E-state index in [9.17, 15) is 24.6 Å². The molecule has 0 radical (unpaired) electrons. The summed E-state index contributed by atoms with van der Waals surface area (Å²) in [6, 6.07) is 0. The van der Waals surface area contributed by atoms with Crippen LogP contribution in [-0.2, 0) is 14.4 Å². The average Bonchev–Trinajstić information content (AvgIpc) is 2.99. The summed E-state index contributed by atoms with van der Waals surface area (Å²) in [5.74, 6) is 0.608. The molecule has 2 N–H and O–H groups in total. The summed E-state index contributed by atoms with van der Waals surface area (Å²) in [6.07, 6.45) is 5.53. The van der Waals surface area contributed by atoms with E-state index in [0.717, 1.165) is 35.8 Å². The summed E-state index contributed by atoms with van der Waals surface area (Å²) < 4.78 is 0. The monoisotopic (exact) mass is 484 g/mol. The molecule has 0 aliphatic heterocycles. The third kappa shape index (κ3) is 3.51. The molecule has 5 heteroatoms. The molecule has 0 unspecified atom stereocenters. The summed E-state index contributed by atoms with van der Waals surface area (Å²) in [5.41, 5.74) is 0.000943. The average molecular weight is 485 g/mol. The van der Waals surface area contributed by atoms with Gasteiger partial charge in [-0.3, -0.25) is 14.4 Å². The number of hydrogen-bond donors (Lipinski definition) is 2. The zero-order valence-corrected chi connectivity index (χ0v) is 22.6. The van der Waals surface area contributed by atoms with Crippen LogP contribution in [0.5, 0.6) is 0 Å². The first-order valence-corrected chi connectivity index (χ1v) is 13.5. The number of allylic oxidation sites excluding steroid dienone is 3. The Kier molecular flexibility index (Phi) is 6.41. The summed E-state index contributed by atoms with van der Waals surface area (Å²) in [6.45, 7) is 14.3. The molecule has 0 heterocycles. The van der Waals surface area contributed by atoms with Gasteiger partial charge in [0, 0.05) is 34.7 Å². The van der Waals surface area contributed by atoms with Crippen molar-refractivity contribution >= 4 is 17.9 Å². The van der Waals surface area contributed by atoms with E-state index >= 15 is 0 Å². The van der Waals surface area contributed by atoms with Crippen molar-refractivity contribution in [3.05, 3.63) is 22.8 Å². The summed E-state index contributed by atoms with van der Waals surface area (Å²) in [7, 11) is 0. The number of aliphatic hydroxyl groups is 2. The molecule has 0 aromatic carbocycles. The molecule has 2 saturated carbocycles. The Hall–Kier alpha value is -1.59. The Morgan fingerprint density at radius 1 is 1.11 bits per heavy atom. The van der Waals surface area contributed by atoms with Crippen molar-refractivity contribution in [3.8, 4) is 0 Å². The van der Waals surface area contributed by atoms with Crippen LogP contribution < -0.4 is 0 Å². The standard InChI is InChI=1S/C30H44O5/c1-17(16-31)9-8-10-18(2)19-13-24(35)30(7)26-20(32)14-22-27(3,4)23(34)11-12-28(22,5)25(26)21(33)15-29(19,30)6/h9,16,18-20,22,24,32,35H,8,10-15H2,1-7H3/b17-9+/t18-,19-,20+,22+,24+,28+,29-,30+/m1/s1. The van der Waals surface area contributed by atoms with Gasteiger partial charge in [0.05, 0.1) is 12.2 Å². The van der Waals surface area contributed by atoms with Crippen molar-refractivity contribution < 1.29 is 24.6 Å². The minimum atomic E-state index is -0.830. The number of carbonyl (C=O) groups is 3. The molecule has 194 valence electrons. The largest absolute Gasteiger partial charge is 0.392 e. The van der Waals surface area contributed by atoms with Crippen LogP contribution in [0.25, 0.3) is 0 Å². The number of rotatable bonds is 5. The lowest BCUT2D eigenvalue weighted by molar-refractivity contribution is -0.146. The first-order chi connectivity index (χ1) is 16.2. The summed E-state index contributed by atoms with van der Waals surface area (Å²) in [5, 5.41) is 23.2. The second kappa shape index (κ2) is 8.48. The Morgan fingerprint density at radius 3 is 2.40 bits per heavy atom. The fourth-order valence-electron chi connectivity index (χ4n) is 9.01. The van der Waals surface area contributed by atoms with E-state index in [-0.39, 0.29) is 29.3 Å². The lowest BCUT2D eigenvalue weighted by Gasteiger charge is -2.61. The fourth-order valence-corrected chi connectivity index (χ4v) is 9.01. The van der Waals surface area contributed by atoms with Crippen molar-refractivity contribution in [2.45, 2.75) is 106 Å². The third-order valence-electron chi connectivity index (χ3n) is 11.3. The van der Waals surface area contributed by atoms with E-state index in [1.807, 2.05) is 26.8 Å². The van der Waals surface area contributed by atoms with Crippen molar-refractivity contribution in [2.75, 3.05) is 0 Å². The van der Waals surface area contributed by atoms with Gasteiger partial charge in [0.1, 0.15) is 12.1 Å². The summed E-state index contributed by atoms with van der Waals surface area (Å²) in [4.78, 5) is 37.8. The molecule has 4 aliphatic rings. The third-order valence-corrected chi connectivity index (χ3v) is 11.3. The van der Waals surface area contributed by atoms with Crippen LogP contribution in [0.15, 0.2) is 22.8 Å². The maximum Gasteiger partial charge on any atom is 0.160 e. The van der Waals surface area contributed by atoms with Crippen LogP contribution in [-0.4, -0.2) is 40.3 Å². The van der Waals surface area contributed by atoms with Gasteiger partial charge in [0.25, 0.3) is 0 Å². The van der Waals surface area contributed by atoms with Gasteiger partial charge in [-0.15, -0.1) is 0 Å². The second-order valence-electron chi connectivity index (χ2n) is 13.4. The molecule has 0 saturated heterocycles. The second-order valence-corrected chi connectivity index (χ2v) is 13.4. The maximum atomic E-state index is 14.0. The van der Waals surface area contributed by atoms with Gasteiger partial charge >= 0.3 is 0 Å². The van der Waals surface area contributed by atoms with Gasteiger partial charge in [-0.25, -0.2) is 0 Å². The highest BCUT2D eigenvalue weighted by molar-refractivity contribution is 6.01. The van der Waals surface area contributed by atoms with Crippen LogP contribution in [0.4, 0.5) is 0 Å². The Morgan fingerprint density at radius 2 is 1.77 bits per heavy atom. The Labute approximate surface area is 210 Å². The van der Waals surface area contributed by atoms with Gasteiger partial charge in [0.15, 0.2) is 5.78 Å². The van der Waals surface area contributed by atoms with E-state index in [0.29, 0.717) is 32.1 Å². The lowest BCUT2D eigenvalue weighted by atomic mass is 9.42. The first-order valence-electron chi connectivity index (χ1n) is 13.5. The van der Waals surface area contributed by atoms with Crippen LogP contribution >= 0.6 is 0 Å². The van der Waals surface area contributed by atoms with Crippen molar-refractivity contribution in [1.82, 2.24) is 0 Å². The molecule has 0 amide bonds. The van der Waals surface area contributed by atoms with Crippen LogP contribution in [0.2, 0.25) is 0 Å².